The largest absolute Gasteiger partial charge is 0.460 e. The third-order valence-electron chi connectivity index (χ3n) is 3.87. The minimum Gasteiger partial charge on any atom is -0.460 e. The minimum absolute atomic E-state index is 0.118. The normalized spacial score (nSPS) is 14.6. The van der Waals surface area contributed by atoms with Crippen LogP contribution in [0.25, 0.3) is 0 Å². The van der Waals surface area contributed by atoms with Crippen LogP contribution in [0.3, 0.4) is 0 Å². The molecule has 0 aliphatic rings. The molecule has 0 heterocycles. The highest BCUT2D eigenvalue weighted by Gasteiger charge is 2.34. The van der Waals surface area contributed by atoms with Gasteiger partial charge < -0.3 is 19.5 Å². The maximum absolute atomic E-state index is 12.9. The lowest BCUT2D eigenvalue weighted by Crippen LogP contribution is -2.47. The van der Waals surface area contributed by atoms with Gasteiger partial charge in [-0.3, -0.25) is 8.98 Å². The van der Waals surface area contributed by atoms with E-state index in [1.807, 2.05) is 20.8 Å². The maximum Gasteiger partial charge on any atom is 0.407 e. The van der Waals surface area contributed by atoms with Gasteiger partial charge in [-0.1, -0.05) is 20.8 Å². The maximum atomic E-state index is 12.9. The molecule has 200 valence electrons. The van der Waals surface area contributed by atoms with Crippen LogP contribution >= 0.6 is 0 Å². The van der Waals surface area contributed by atoms with Gasteiger partial charge in [0.1, 0.15) is 17.2 Å². The lowest BCUT2D eigenvalue weighted by Gasteiger charge is -2.28. The van der Waals surface area contributed by atoms with Crippen LogP contribution in [0, 0.1) is 11.3 Å². The van der Waals surface area contributed by atoms with Gasteiger partial charge in [0.05, 0.1) is 25.4 Å². The third-order valence-corrected chi connectivity index (χ3v) is 4.47. The van der Waals surface area contributed by atoms with Gasteiger partial charge in [0.15, 0.2) is 0 Å². The zero-order valence-corrected chi connectivity index (χ0v) is 23.1. The number of alkyl carbamates (subject to hydrolysis) is 1. The molecule has 0 radical (unpaired) electrons. The molecular weight excluding hydrogens is 466 g/mol. The van der Waals surface area contributed by atoms with Crippen LogP contribution in [-0.4, -0.2) is 63.2 Å². The van der Waals surface area contributed by atoms with Crippen molar-refractivity contribution in [2.24, 2.45) is 11.3 Å². The number of nitrogens with one attached hydrogen (secondary N) is 1. The quantitative estimate of drug-likeness (QED) is 0.192. The van der Waals surface area contributed by atoms with Crippen molar-refractivity contribution in [1.29, 1.82) is 0 Å². The molecule has 0 saturated heterocycles. The number of carbonyl (C=O) groups is 3. The average molecular weight is 510 g/mol. The third kappa shape index (κ3) is 17.6. The Labute approximate surface area is 204 Å². The first-order chi connectivity index (χ1) is 15.1. The smallest absolute Gasteiger partial charge is 0.407 e. The first-order valence-electron chi connectivity index (χ1n) is 11.3. The highest BCUT2D eigenvalue weighted by atomic mass is 32.2. The number of carbonyl (C=O) groups excluding carboxylic acids is 3. The lowest BCUT2D eigenvalue weighted by molar-refractivity contribution is -0.162. The highest BCUT2D eigenvalue weighted by Crippen LogP contribution is 2.22. The van der Waals surface area contributed by atoms with E-state index in [4.69, 9.17) is 18.4 Å². The fourth-order valence-corrected chi connectivity index (χ4v) is 3.02. The first kappa shape index (κ1) is 32.1. The Morgan fingerprint density at radius 3 is 1.79 bits per heavy atom. The monoisotopic (exact) mass is 509 g/mol. The fourth-order valence-electron chi connectivity index (χ4n) is 2.59. The van der Waals surface area contributed by atoms with Gasteiger partial charge in [-0.05, 0) is 66.2 Å². The summed E-state index contributed by atoms with van der Waals surface area (Å²) in [6, 6.07) is -1.18. The van der Waals surface area contributed by atoms with Gasteiger partial charge in [-0.2, -0.15) is 8.42 Å². The zero-order valence-electron chi connectivity index (χ0n) is 22.3. The molecule has 34 heavy (non-hydrogen) atoms. The van der Waals surface area contributed by atoms with Gasteiger partial charge in [0, 0.05) is 0 Å². The van der Waals surface area contributed by atoms with Crippen molar-refractivity contribution < 1.29 is 41.2 Å². The lowest BCUT2D eigenvalue weighted by atomic mass is 9.94. The van der Waals surface area contributed by atoms with Crippen molar-refractivity contribution in [3.8, 4) is 0 Å². The molecule has 0 rings (SSSR count). The minimum atomic E-state index is -3.63. The molecule has 1 N–H and O–H groups in total. The molecule has 0 aliphatic carbocycles. The topological polar surface area (TPSA) is 134 Å². The Bertz CT molecular complexity index is 787. The molecule has 0 aromatic heterocycles. The van der Waals surface area contributed by atoms with Crippen molar-refractivity contribution in [3.05, 3.63) is 0 Å². The molecule has 0 saturated carbocycles. The number of esters is 2. The SMILES string of the molecule is CC(C)(C)COC(=O)N[C@@H](C[C@@H](CCCOS(C)(=O)=O)C(=O)OC(C)(C)C)C(=O)OC(C)(C)C. The van der Waals surface area contributed by atoms with Gasteiger partial charge in [-0.25, -0.2) is 9.59 Å². The summed E-state index contributed by atoms with van der Waals surface area (Å²) in [5, 5.41) is 2.50. The molecule has 11 heteroatoms. The fraction of sp³-hybridized carbons (Fsp3) is 0.870. The van der Waals surface area contributed by atoms with E-state index in [2.05, 4.69) is 5.32 Å². The molecule has 0 spiro atoms. The number of hydrogen-bond donors (Lipinski definition) is 1. The summed E-state index contributed by atoms with van der Waals surface area (Å²) in [6.45, 7) is 15.9. The summed E-state index contributed by atoms with van der Waals surface area (Å²) in [6.07, 6.45) is 0.390. The molecule has 2 atom stereocenters. The van der Waals surface area contributed by atoms with Crippen LogP contribution in [0.2, 0.25) is 0 Å². The van der Waals surface area contributed by atoms with Crippen LogP contribution in [-0.2, 0) is 38.1 Å². The van der Waals surface area contributed by atoms with Crippen LogP contribution in [0.4, 0.5) is 4.79 Å². The van der Waals surface area contributed by atoms with Crippen molar-refractivity contribution in [1.82, 2.24) is 5.32 Å². The number of amides is 1. The predicted octanol–water partition coefficient (Wildman–Crippen LogP) is 3.57. The molecule has 0 bridgehead atoms. The summed E-state index contributed by atoms with van der Waals surface area (Å²) in [5.41, 5.74) is -1.88. The van der Waals surface area contributed by atoms with E-state index in [0.29, 0.717) is 0 Å². The van der Waals surface area contributed by atoms with Crippen molar-refractivity contribution in [2.45, 2.75) is 98.8 Å². The van der Waals surface area contributed by atoms with Crippen molar-refractivity contribution >= 4 is 28.1 Å². The molecular formula is C23H43NO9S. The Morgan fingerprint density at radius 1 is 0.853 bits per heavy atom. The highest BCUT2D eigenvalue weighted by molar-refractivity contribution is 7.85. The molecule has 10 nitrogen and oxygen atoms in total. The second kappa shape index (κ2) is 12.7. The van der Waals surface area contributed by atoms with E-state index in [0.717, 1.165) is 6.26 Å². The number of hydrogen-bond acceptors (Lipinski definition) is 9. The first-order valence-corrected chi connectivity index (χ1v) is 13.1. The van der Waals surface area contributed by atoms with E-state index in [1.165, 1.54) is 0 Å². The van der Waals surface area contributed by atoms with E-state index in [1.54, 1.807) is 41.5 Å². The van der Waals surface area contributed by atoms with E-state index in [9.17, 15) is 22.8 Å². The average Bonchev–Trinajstić information content (AvgIpc) is 2.57. The van der Waals surface area contributed by atoms with E-state index in [-0.39, 0.29) is 37.9 Å². The molecule has 1 amide bonds. The van der Waals surface area contributed by atoms with Gasteiger partial charge in [-0.15, -0.1) is 0 Å². The summed E-state index contributed by atoms with van der Waals surface area (Å²) < 4.78 is 43.3. The van der Waals surface area contributed by atoms with E-state index >= 15 is 0 Å². The van der Waals surface area contributed by atoms with Gasteiger partial charge in [0.2, 0.25) is 0 Å². The Balaban J connectivity index is 5.62. The van der Waals surface area contributed by atoms with Gasteiger partial charge >= 0.3 is 18.0 Å². The second-order valence-corrected chi connectivity index (χ2v) is 13.1. The molecule has 0 aromatic rings. The Morgan fingerprint density at radius 2 is 1.35 bits per heavy atom. The molecule has 0 unspecified atom stereocenters. The summed E-state index contributed by atoms with van der Waals surface area (Å²) >= 11 is 0. The van der Waals surface area contributed by atoms with Gasteiger partial charge in [0.25, 0.3) is 10.1 Å². The predicted molar refractivity (Wildman–Crippen MR) is 128 cm³/mol. The molecule has 0 fully saturated rings. The number of rotatable bonds is 11. The Kier molecular flexibility index (Phi) is 12.0. The van der Waals surface area contributed by atoms with Crippen molar-refractivity contribution in [2.75, 3.05) is 19.5 Å². The second-order valence-electron chi connectivity index (χ2n) is 11.5. The van der Waals surface area contributed by atoms with E-state index < -0.39 is 51.3 Å². The standard InChI is InChI=1S/C23H43NO9S/c1-21(2,3)15-30-20(27)24-17(19(26)33-23(7,8)9)14-16(18(25)32-22(4,5)6)12-11-13-31-34(10,28)29/h16-17H,11-15H2,1-10H3,(H,24,27)/t16-,17+/m1/s1. The molecule has 0 aliphatic heterocycles. The van der Waals surface area contributed by atoms with Crippen molar-refractivity contribution in [3.63, 3.8) is 0 Å². The van der Waals surface area contributed by atoms with Crippen LogP contribution in [0.15, 0.2) is 0 Å². The molecule has 0 aromatic carbocycles. The summed E-state index contributed by atoms with van der Waals surface area (Å²) in [7, 11) is -3.63. The number of ether oxygens (including phenoxy) is 3. The Hall–Kier alpha value is -1.88. The zero-order chi connectivity index (χ0) is 27.0. The summed E-state index contributed by atoms with van der Waals surface area (Å²) in [4.78, 5) is 38.1. The van der Waals surface area contributed by atoms with Crippen LogP contribution in [0.1, 0.15) is 81.6 Å². The van der Waals surface area contributed by atoms with Crippen LogP contribution in [0.5, 0.6) is 0 Å². The van der Waals surface area contributed by atoms with Crippen LogP contribution < -0.4 is 5.32 Å². The summed E-state index contributed by atoms with van der Waals surface area (Å²) in [5.74, 6) is -2.13.